The maximum Gasteiger partial charge on any atom is 0.297 e. The Labute approximate surface area is 69.8 Å². The van der Waals surface area contributed by atoms with Crippen molar-refractivity contribution in [2.75, 3.05) is 14.1 Å². The zero-order valence-corrected chi connectivity index (χ0v) is 6.90. The Morgan fingerprint density at radius 3 is 2.50 bits per heavy atom. The van der Waals surface area contributed by atoms with Gasteiger partial charge in [0.2, 0.25) is 0 Å². The molecular weight excluding hydrogens is 158 g/mol. The van der Waals surface area contributed by atoms with Gasteiger partial charge in [0, 0.05) is 14.1 Å². The quantitative estimate of drug-likeness (QED) is 0.477. The van der Waals surface area contributed by atoms with Gasteiger partial charge in [-0.05, 0) is 12.1 Å². The van der Waals surface area contributed by atoms with Crippen molar-refractivity contribution in [3.8, 4) is 0 Å². The van der Waals surface area contributed by atoms with Crippen molar-refractivity contribution in [2.45, 2.75) is 0 Å². The summed E-state index contributed by atoms with van der Waals surface area (Å²) in [5.74, 6) is -1.12. The molecule has 0 aliphatic rings. The number of ketones is 1. The Morgan fingerprint density at radius 1 is 1.42 bits per heavy atom. The molecule has 1 aromatic rings. The molecule has 12 heavy (non-hydrogen) atoms. The topological polar surface area (TPSA) is 50.5 Å². The van der Waals surface area contributed by atoms with Crippen LogP contribution in [0.25, 0.3) is 0 Å². The monoisotopic (exact) mass is 167 g/mol. The van der Waals surface area contributed by atoms with Crippen LogP contribution in [-0.2, 0) is 4.79 Å². The van der Waals surface area contributed by atoms with Gasteiger partial charge in [0.25, 0.3) is 11.7 Å². The predicted molar refractivity (Wildman–Crippen MR) is 41.7 cm³/mol. The third kappa shape index (κ3) is 1.53. The van der Waals surface area contributed by atoms with Crippen molar-refractivity contribution in [1.29, 1.82) is 0 Å². The summed E-state index contributed by atoms with van der Waals surface area (Å²) in [6.07, 6.45) is 1.36. The van der Waals surface area contributed by atoms with Gasteiger partial charge in [-0.1, -0.05) is 0 Å². The average molecular weight is 167 g/mol. The van der Waals surface area contributed by atoms with Gasteiger partial charge in [-0.15, -0.1) is 0 Å². The molecule has 0 spiro atoms. The normalized spacial score (nSPS) is 9.50. The molecule has 4 nitrogen and oxygen atoms in total. The van der Waals surface area contributed by atoms with Crippen LogP contribution in [0.3, 0.4) is 0 Å². The molecule has 0 saturated heterocycles. The van der Waals surface area contributed by atoms with Crippen LogP contribution in [0.4, 0.5) is 0 Å². The lowest BCUT2D eigenvalue weighted by molar-refractivity contribution is -0.124. The predicted octanol–water partition coefficient (Wildman–Crippen LogP) is 0.550. The Kier molecular flexibility index (Phi) is 2.28. The van der Waals surface area contributed by atoms with E-state index in [-0.39, 0.29) is 5.76 Å². The van der Waals surface area contributed by atoms with E-state index in [1.807, 2.05) is 0 Å². The van der Waals surface area contributed by atoms with Gasteiger partial charge in [0.05, 0.1) is 6.26 Å². The minimum atomic E-state index is -0.620. The van der Waals surface area contributed by atoms with Gasteiger partial charge < -0.3 is 9.32 Å². The Hall–Kier alpha value is -1.58. The maximum absolute atomic E-state index is 11.2. The molecule has 0 bridgehead atoms. The van der Waals surface area contributed by atoms with Gasteiger partial charge in [0.1, 0.15) is 0 Å². The second-order valence-electron chi connectivity index (χ2n) is 2.51. The fraction of sp³-hybridized carbons (Fsp3) is 0.250. The van der Waals surface area contributed by atoms with Crippen LogP contribution in [0.15, 0.2) is 22.8 Å². The van der Waals surface area contributed by atoms with Crippen molar-refractivity contribution in [2.24, 2.45) is 0 Å². The number of amides is 1. The van der Waals surface area contributed by atoms with Crippen molar-refractivity contribution in [3.63, 3.8) is 0 Å². The first-order valence-corrected chi connectivity index (χ1v) is 3.42. The van der Waals surface area contributed by atoms with Crippen molar-refractivity contribution < 1.29 is 14.0 Å². The van der Waals surface area contributed by atoms with E-state index in [0.29, 0.717) is 0 Å². The molecular formula is C8H9NO3. The number of rotatable bonds is 2. The number of hydrogen-bond donors (Lipinski definition) is 0. The SMILES string of the molecule is CN(C)C(=O)C(=O)c1ccco1. The van der Waals surface area contributed by atoms with Crippen molar-refractivity contribution >= 4 is 11.7 Å². The second-order valence-corrected chi connectivity index (χ2v) is 2.51. The highest BCUT2D eigenvalue weighted by atomic mass is 16.3. The van der Waals surface area contributed by atoms with Gasteiger partial charge in [-0.2, -0.15) is 0 Å². The van der Waals surface area contributed by atoms with Crippen LogP contribution in [0.5, 0.6) is 0 Å². The number of carbonyl (C=O) groups is 2. The highest BCUT2D eigenvalue weighted by Crippen LogP contribution is 2.02. The zero-order valence-electron chi connectivity index (χ0n) is 6.90. The molecule has 0 aliphatic heterocycles. The molecule has 1 aromatic heterocycles. The maximum atomic E-state index is 11.2. The van der Waals surface area contributed by atoms with Gasteiger partial charge >= 0.3 is 0 Å². The number of hydrogen-bond acceptors (Lipinski definition) is 3. The zero-order chi connectivity index (χ0) is 9.14. The van der Waals surface area contributed by atoms with Gasteiger partial charge in [0.15, 0.2) is 5.76 Å². The molecule has 0 aromatic carbocycles. The summed E-state index contributed by atoms with van der Waals surface area (Å²) in [6.45, 7) is 0. The van der Waals surface area contributed by atoms with Crippen molar-refractivity contribution in [1.82, 2.24) is 4.90 Å². The molecule has 1 amide bonds. The fourth-order valence-corrected chi connectivity index (χ4v) is 0.716. The van der Waals surface area contributed by atoms with Crippen LogP contribution in [0, 0.1) is 0 Å². The van der Waals surface area contributed by atoms with E-state index >= 15 is 0 Å². The number of carbonyl (C=O) groups excluding carboxylic acids is 2. The van der Waals surface area contributed by atoms with E-state index in [1.165, 1.54) is 31.3 Å². The summed E-state index contributed by atoms with van der Waals surface area (Å²) in [5.41, 5.74) is 0. The lowest BCUT2D eigenvalue weighted by Gasteiger charge is -2.06. The molecule has 0 saturated carbocycles. The molecule has 1 rings (SSSR count). The first-order valence-electron chi connectivity index (χ1n) is 3.42. The molecule has 0 atom stereocenters. The minimum absolute atomic E-state index is 0.0775. The largest absolute Gasteiger partial charge is 0.461 e. The average Bonchev–Trinajstić information content (AvgIpc) is 2.53. The summed E-state index contributed by atoms with van der Waals surface area (Å²) < 4.78 is 4.77. The standard InChI is InChI=1S/C8H9NO3/c1-9(2)8(11)7(10)6-4-3-5-12-6/h3-5H,1-2H3. The fourth-order valence-electron chi connectivity index (χ4n) is 0.716. The third-order valence-electron chi connectivity index (χ3n) is 1.35. The molecule has 0 radical (unpaired) electrons. The molecule has 0 unspecified atom stereocenters. The van der Waals surface area contributed by atoms with Crippen LogP contribution in [-0.4, -0.2) is 30.7 Å². The van der Waals surface area contributed by atoms with Crippen LogP contribution < -0.4 is 0 Å². The Bertz CT molecular complexity index is 287. The number of nitrogens with zero attached hydrogens (tertiary/aromatic N) is 1. The van der Waals surface area contributed by atoms with E-state index in [4.69, 9.17) is 4.42 Å². The highest BCUT2D eigenvalue weighted by Gasteiger charge is 2.19. The number of Topliss-reactive ketones (excluding diaryl/α,β-unsaturated/α-hetero) is 1. The number of furan rings is 1. The summed E-state index contributed by atoms with van der Waals surface area (Å²) in [6, 6.07) is 3.03. The van der Waals surface area contributed by atoms with Crippen LogP contribution in [0.2, 0.25) is 0 Å². The molecule has 1 heterocycles. The minimum Gasteiger partial charge on any atom is -0.461 e. The van der Waals surface area contributed by atoms with E-state index in [0.717, 1.165) is 0 Å². The van der Waals surface area contributed by atoms with E-state index in [1.54, 1.807) is 6.07 Å². The smallest absolute Gasteiger partial charge is 0.297 e. The molecule has 64 valence electrons. The summed E-state index contributed by atoms with van der Waals surface area (Å²) in [4.78, 5) is 23.4. The second kappa shape index (κ2) is 3.21. The Morgan fingerprint density at radius 2 is 2.08 bits per heavy atom. The van der Waals surface area contributed by atoms with Gasteiger partial charge in [-0.3, -0.25) is 9.59 Å². The molecule has 0 aliphatic carbocycles. The highest BCUT2D eigenvalue weighted by molar-refractivity contribution is 6.41. The summed E-state index contributed by atoms with van der Waals surface area (Å²) >= 11 is 0. The molecule has 4 heteroatoms. The third-order valence-corrected chi connectivity index (χ3v) is 1.35. The van der Waals surface area contributed by atoms with Crippen molar-refractivity contribution in [3.05, 3.63) is 24.2 Å². The molecule has 0 N–H and O–H groups in total. The number of likely N-dealkylation sites (N-methyl/N-ethyl adjacent to an activating group) is 1. The summed E-state index contributed by atoms with van der Waals surface area (Å²) in [5, 5.41) is 0. The van der Waals surface area contributed by atoms with Crippen LogP contribution >= 0.6 is 0 Å². The first kappa shape index (κ1) is 8.52. The van der Waals surface area contributed by atoms with Crippen LogP contribution in [0.1, 0.15) is 10.6 Å². The lowest BCUT2D eigenvalue weighted by Crippen LogP contribution is -2.29. The van der Waals surface area contributed by atoms with E-state index in [9.17, 15) is 9.59 Å². The van der Waals surface area contributed by atoms with Gasteiger partial charge in [-0.25, -0.2) is 0 Å². The summed E-state index contributed by atoms with van der Waals surface area (Å²) in [7, 11) is 3.03. The Balaban J connectivity index is 2.80. The van der Waals surface area contributed by atoms with E-state index < -0.39 is 11.7 Å². The lowest BCUT2D eigenvalue weighted by atomic mass is 10.3. The molecule has 0 fully saturated rings. The van der Waals surface area contributed by atoms with E-state index in [2.05, 4.69) is 0 Å². The first-order chi connectivity index (χ1) is 5.63.